The molecule has 0 saturated heterocycles. The second kappa shape index (κ2) is 6.60. The molecule has 2 rings (SSSR count). The molecule has 0 radical (unpaired) electrons. The van der Waals surface area contributed by atoms with Gasteiger partial charge >= 0.3 is 5.97 Å². The van der Waals surface area contributed by atoms with Gasteiger partial charge in [0.05, 0.1) is 5.02 Å². The lowest BCUT2D eigenvalue weighted by Gasteiger charge is -2.13. The highest BCUT2D eigenvalue weighted by Gasteiger charge is 2.23. The molecule has 1 unspecified atom stereocenters. The Bertz CT molecular complexity index is 668. The van der Waals surface area contributed by atoms with Crippen LogP contribution in [-0.4, -0.2) is 41.7 Å². The lowest BCUT2D eigenvalue weighted by atomic mass is 10.2. The number of carbonyl (C=O) groups is 2. The van der Waals surface area contributed by atoms with E-state index in [0.29, 0.717) is 5.39 Å². The lowest BCUT2D eigenvalue weighted by molar-refractivity contribution is -0.139. The molecule has 7 heteroatoms. The fraction of sp³-hybridized carbons (Fsp3) is 0.286. The summed E-state index contributed by atoms with van der Waals surface area (Å²) in [5.41, 5.74) is 0.873. The number of hydrogen-bond acceptors (Lipinski definition) is 3. The highest BCUT2D eigenvalue weighted by molar-refractivity contribution is 6.38. The van der Waals surface area contributed by atoms with Crippen LogP contribution in [0.1, 0.15) is 16.9 Å². The number of benzene rings is 1. The Morgan fingerprint density at radius 1 is 1.43 bits per heavy atom. The summed E-state index contributed by atoms with van der Waals surface area (Å²) in [4.78, 5) is 26.2. The molecular weight excluding hydrogens is 296 g/mol. The van der Waals surface area contributed by atoms with E-state index in [2.05, 4.69) is 10.3 Å². The molecule has 1 aromatic carbocycles. The third kappa shape index (κ3) is 3.34. The van der Waals surface area contributed by atoms with E-state index >= 15 is 0 Å². The zero-order valence-electron chi connectivity index (χ0n) is 11.4. The minimum atomic E-state index is -1.12. The predicted molar refractivity (Wildman–Crippen MR) is 78.7 cm³/mol. The van der Waals surface area contributed by atoms with Crippen LogP contribution in [0.3, 0.4) is 0 Å². The van der Waals surface area contributed by atoms with Crippen molar-refractivity contribution in [1.29, 1.82) is 0 Å². The number of carboxylic acid groups (broad SMARTS) is 1. The van der Waals surface area contributed by atoms with Gasteiger partial charge < -0.3 is 20.1 Å². The van der Waals surface area contributed by atoms with Crippen molar-refractivity contribution in [2.75, 3.05) is 13.7 Å². The fourth-order valence-corrected chi connectivity index (χ4v) is 2.29. The van der Waals surface area contributed by atoms with Crippen LogP contribution in [0.5, 0.6) is 0 Å². The van der Waals surface area contributed by atoms with Crippen molar-refractivity contribution >= 4 is 34.4 Å². The number of amides is 1. The van der Waals surface area contributed by atoms with Crippen molar-refractivity contribution < 1.29 is 19.4 Å². The highest BCUT2D eigenvalue weighted by Crippen LogP contribution is 2.27. The molecule has 0 aliphatic rings. The number of aromatic amines is 1. The maximum Gasteiger partial charge on any atom is 0.326 e. The van der Waals surface area contributed by atoms with E-state index in [9.17, 15) is 9.59 Å². The number of rotatable bonds is 6. The van der Waals surface area contributed by atoms with E-state index in [1.807, 2.05) is 12.1 Å². The molecule has 1 atom stereocenters. The predicted octanol–water partition coefficient (Wildman–Crippen LogP) is 2.04. The first-order chi connectivity index (χ1) is 10.0. The van der Waals surface area contributed by atoms with Gasteiger partial charge in [-0.2, -0.15) is 0 Å². The van der Waals surface area contributed by atoms with Gasteiger partial charge in [0.25, 0.3) is 5.91 Å². The Morgan fingerprint density at radius 3 is 2.76 bits per heavy atom. The van der Waals surface area contributed by atoms with Crippen LogP contribution in [0.4, 0.5) is 0 Å². The maximum absolute atomic E-state index is 12.2. The highest BCUT2D eigenvalue weighted by atomic mass is 35.5. The SMILES string of the molecule is COCCC(NC(=O)c1[nH]c2ccccc2c1Cl)C(=O)O. The zero-order valence-corrected chi connectivity index (χ0v) is 12.1. The molecule has 0 saturated carbocycles. The first-order valence-corrected chi connectivity index (χ1v) is 6.71. The largest absolute Gasteiger partial charge is 0.480 e. The van der Waals surface area contributed by atoms with Crippen LogP contribution in [0.15, 0.2) is 24.3 Å². The van der Waals surface area contributed by atoms with Gasteiger partial charge in [-0.25, -0.2) is 4.79 Å². The van der Waals surface area contributed by atoms with E-state index in [0.717, 1.165) is 5.52 Å². The van der Waals surface area contributed by atoms with Gasteiger partial charge in [0.15, 0.2) is 0 Å². The smallest absolute Gasteiger partial charge is 0.326 e. The van der Waals surface area contributed by atoms with Gasteiger partial charge in [0.2, 0.25) is 0 Å². The van der Waals surface area contributed by atoms with Crippen molar-refractivity contribution in [2.24, 2.45) is 0 Å². The molecule has 1 aromatic heterocycles. The van der Waals surface area contributed by atoms with Crippen molar-refractivity contribution in [1.82, 2.24) is 10.3 Å². The summed E-state index contributed by atoms with van der Waals surface area (Å²) in [6.07, 6.45) is 0.176. The minimum absolute atomic E-state index is 0.154. The van der Waals surface area contributed by atoms with Crippen molar-refractivity contribution in [3.05, 3.63) is 35.0 Å². The van der Waals surface area contributed by atoms with Gasteiger partial charge in [-0.05, 0) is 6.07 Å². The Morgan fingerprint density at radius 2 is 2.14 bits per heavy atom. The van der Waals surface area contributed by atoms with Crippen LogP contribution in [-0.2, 0) is 9.53 Å². The number of para-hydroxylation sites is 1. The van der Waals surface area contributed by atoms with Gasteiger partial charge in [0, 0.05) is 31.0 Å². The second-order valence-corrected chi connectivity index (χ2v) is 4.88. The Kier molecular flexibility index (Phi) is 4.82. The Balaban J connectivity index is 2.21. The number of fused-ring (bicyclic) bond motifs is 1. The summed E-state index contributed by atoms with van der Waals surface area (Å²) in [5.74, 6) is -1.67. The summed E-state index contributed by atoms with van der Waals surface area (Å²) in [7, 11) is 1.47. The molecule has 0 aliphatic heterocycles. The molecule has 2 aromatic rings. The van der Waals surface area contributed by atoms with Crippen LogP contribution in [0.2, 0.25) is 5.02 Å². The number of H-pyrrole nitrogens is 1. The van der Waals surface area contributed by atoms with E-state index in [-0.39, 0.29) is 23.7 Å². The summed E-state index contributed by atoms with van der Waals surface area (Å²) in [6, 6.07) is 6.17. The van der Waals surface area contributed by atoms with Gasteiger partial charge in [0.1, 0.15) is 11.7 Å². The van der Waals surface area contributed by atoms with E-state index < -0.39 is 17.9 Å². The standard InChI is InChI=1S/C14H15ClN2O4/c1-21-7-6-10(14(19)20)17-13(18)12-11(15)8-4-2-3-5-9(8)16-12/h2-5,10,16H,6-7H2,1H3,(H,17,18)(H,19,20). The number of hydrogen-bond donors (Lipinski definition) is 3. The summed E-state index contributed by atoms with van der Waals surface area (Å²) >= 11 is 6.16. The lowest BCUT2D eigenvalue weighted by Crippen LogP contribution is -2.41. The molecule has 6 nitrogen and oxygen atoms in total. The molecule has 0 bridgehead atoms. The topological polar surface area (TPSA) is 91.4 Å². The minimum Gasteiger partial charge on any atom is -0.480 e. The van der Waals surface area contributed by atoms with Crippen LogP contribution in [0, 0.1) is 0 Å². The van der Waals surface area contributed by atoms with E-state index in [1.54, 1.807) is 12.1 Å². The summed E-state index contributed by atoms with van der Waals surface area (Å²) in [6.45, 7) is 0.234. The Hall–Kier alpha value is -2.05. The molecule has 21 heavy (non-hydrogen) atoms. The molecule has 0 spiro atoms. The number of halogens is 1. The molecule has 1 amide bonds. The number of ether oxygens (including phenoxy) is 1. The maximum atomic E-state index is 12.2. The normalized spacial score (nSPS) is 12.3. The zero-order chi connectivity index (χ0) is 15.4. The number of aromatic nitrogens is 1. The molecule has 3 N–H and O–H groups in total. The third-order valence-electron chi connectivity index (χ3n) is 3.08. The van der Waals surface area contributed by atoms with Crippen molar-refractivity contribution in [3.63, 3.8) is 0 Å². The van der Waals surface area contributed by atoms with Crippen LogP contribution >= 0.6 is 11.6 Å². The number of carbonyl (C=O) groups excluding carboxylic acids is 1. The first kappa shape index (κ1) is 15.3. The van der Waals surface area contributed by atoms with Crippen LogP contribution < -0.4 is 5.32 Å². The van der Waals surface area contributed by atoms with E-state index in [1.165, 1.54) is 7.11 Å². The second-order valence-electron chi connectivity index (χ2n) is 4.51. The van der Waals surface area contributed by atoms with Gasteiger partial charge in [-0.3, -0.25) is 4.79 Å². The van der Waals surface area contributed by atoms with E-state index in [4.69, 9.17) is 21.4 Å². The first-order valence-electron chi connectivity index (χ1n) is 6.33. The summed E-state index contributed by atoms with van der Waals surface area (Å²) < 4.78 is 4.83. The molecule has 0 aliphatic carbocycles. The number of aliphatic carboxylic acids is 1. The quantitative estimate of drug-likeness (QED) is 0.761. The number of carboxylic acids is 1. The molecular formula is C14H15ClN2O4. The molecule has 0 fully saturated rings. The number of nitrogens with one attached hydrogen (secondary N) is 2. The Labute approximate surface area is 126 Å². The fourth-order valence-electron chi connectivity index (χ4n) is 1.99. The molecule has 1 heterocycles. The van der Waals surface area contributed by atoms with Crippen molar-refractivity contribution in [2.45, 2.75) is 12.5 Å². The molecule has 112 valence electrons. The number of methoxy groups -OCH3 is 1. The average Bonchev–Trinajstić information content (AvgIpc) is 2.81. The van der Waals surface area contributed by atoms with Crippen molar-refractivity contribution in [3.8, 4) is 0 Å². The van der Waals surface area contributed by atoms with Gasteiger partial charge in [-0.1, -0.05) is 29.8 Å². The van der Waals surface area contributed by atoms with Crippen LogP contribution in [0.25, 0.3) is 10.9 Å². The average molecular weight is 311 g/mol. The monoisotopic (exact) mass is 310 g/mol. The summed E-state index contributed by atoms with van der Waals surface area (Å²) in [5, 5.41) is 12.5. The van der Waals surface area contributed by atoms with Gasteiger partial charge in [-0.15, -0.1) is 0 Å². The third-order valence-corrected chi connectivity index (χ3v) is 3.48.